The highest BCUT2D eigenvalue weighted by Crippen LogP contribution is 2.12. The van der Waals surface area contributed by atoms with Crippen molar-refractivity contribution in [3.05, 3.63) is 33.9 Å². The monoisotopic (exact) mass is 179 g/mol. The summed E-state index contributed by atoms with van der Waals surface area (Å²) in [5.74, 6) is 0. The van der Waals surface area contributed by atoms with Crippen molar-refractivity contribution in [2.45, 2.75) is 0 Å². The Morgan fingerprint density at radius 1 is 1.42 bits per heavy atom. The molecule has 4 nitrogen and oxygen atoms in total. The molecule has 2 rings (SSSR count). The average Bonchev–Trinajstić information content (AvgIpc) is 2.40. The number of hydrogen-bond donors (Lipinski definition) is 1. The Morgan fingerprint density at radius 2 is 2.17 bits per heavy atom. The van der Waals surface area contributed by atoms with Crippen LogP contribution in [0.2, 0.25) is 0 Å². The molecule has 2 aromatic rings. The van der Waals surface area contributed by atoms with E-state index in [9.17, 15) is 4.91 Å². The van der Waals surface area contributed by atoms with Gasteiger partial charge < -0.3 is 4.98 Å². The van der Waals surface area contributed by atoms with Gasteiger partial charge in [-0.05, 0) is 24.4 Å². The predicted octanol–water partition coefficient (Wildman–Crippen LogP) is 2.23. The minimum Gasteiger partial charge on any atom is -0.329 e. The second-order valence-electron chi connectivity index (χ2n) is 2.34. The van der Waals surface area contributed by atoms with Gasteiger partial charge in [-0.2, -0.15) is 4.68 Å². The van der Waals surface area contributed by atoms with Gasteiger partial charge in [0.1, 0.15) is 0 Å². The van der Waals surface area contributed by atoms with E-state index in [0.717, 1.165) is 10.2 Å². The standard InChI is InChI=1S/C7H5N3OS/c11-9-10-6-4-2-1-3-5(6)8-7(10)12/h1-4H,(H,8,12). The SMILES string of the molecule is O=Nn1c(=S)[nH]c2ccccc21. The van der Waals surface area contributed by atoms with E-state index in [0.29, 0.717) is 10.3 Å². The van der Waals surface area contributed by atoms with Crippen LogP contribution in [0.3, 0.4) is 0 Å². The first-order valence-corrected chi connectivity index (χ1v) is 3.77. The third-order valence-corrected chi connectivity index (χ3v) is 1.92. The van der Waals surface area contributed by atoms with Gasteiger partial charge in [-0.3, -0.25) is 0 Å². The molecule has 0 radical (unpaired) electrons. The number of para-hydroxylation sites is 2. The van der Waals surface area contributed by atoms with Crippen LogP contribution < -0.4 is 0 Å². The van der Waals surface area contributed by atoms with Gasteiger partial charge in [0.15, 0.2) is 0 Å². The predicted molar refractivity (Wildman–Crippen MR) is 48.3 cm³/mol. The van der Waals surface area contributed by atoms with E-state index >= 15 is 0 Å². The molecule has 1 heterocycles. The molecular formula is C7H5N3OS. The number of rotatable bonds is 1. The Kier molecular flexibility index (Phi) is 1.51. The summed E-state index contributed by atoms with van der Waals surface area (Å²) in [6, 6.07) is 7.31. The number of hydrogen-bond acceptors (Lipinski definition) is 3. The highest BCUT2D eigenvalue weighted by molar-refractivity contribution is 7.71. The van der Waals surface area contributed by atoms with Crippen LogP contribution in [0, 0.1) is 9.68 Å². The molecule has 1 aromatic heterocycles. The molecule has 1 N–H and O–H groups in total. The molecule has 0 atom stereocenters. The van der Waals surface area contributed by atoms with E-state index in [1.807, 2.05) is 18.2 Å². The van der Waals surface area contributed by atoms with Crippen molar-refractivity contribution in [3.63, 3.8) is 0 Å². The number of nitrogens with one attached hydrogen (secondary N) is 1. The van der Waals surface area contributed by atoms with Crippen LogP contribution in [0.4, 0.5) is 0 Å². The summed E-state index contributed by atoms with van der Waals surface area (Å²) in [5, 5.41) is 2.79. The first kappa shape index (κ1) is 7.17. The number of nitroso groups, excluding NO2 is 1. The highest BCUT2D eigenvalue weighted by atomic mass is 32.1. The number of aromatic amines is 1. The average molecular weight is 179 g/mol. The Bertz CT molecular complexity index is 485. The molecule has 0 bridgehead atoms. The van der Waals surface area contributed by atoms with Gasteiger partial charge in [0.25, 0.3) is 0 Å². The summed E-state index contributed by atoms with van der Waals surface area (Å²) < 4.78 is 1.48. The van der Waals surface area contributed by atoms with Gasteiger partial charge in [-0.1, -0.05) is 12.1 Å². The van der Waals surface area contributed by atoms with Gasteiger partial charge in [0.05, 0.1) is 16.3 Å². The van der Waals surface area contributed by atoms with E-state index < -0.39 is 0 Å². The Labute approximate surface area is 72.8 Å². The molecule has 5 heteroatoms. The molecule has 0 saturated carbocycles. The topological polar surface area (TPSA) is 50.1 Å². The number of benzene rings is 1. The normalized spacial score (nSPS) is 10.3. The largest absolute Gasteiger partial charge is 0.329 e. The quantitative estimate of drug-likeness (QED) is 0.539. The van der Waals surface area contributed by atoms with Crippen LogP contribution in [0.1, 0.15) is 0 Å². The van der Waals surface area contributed by atoms with Crippen LogP contribution in [0.15, 0.2) is 29.6 Å². The maximum atomic E-state index is 10.3. The number of H-pyrrole nitrogens is 1. The minimum atomic E-state index is 0.325. The van der Waals surface area contributed by atoms with Gasteiger partial charge >= 0.3 is 0 Å². The Morgan fingerprint density at radius 3 is 2.92 bits per heavy atom. The first-order valence-electron chi connectivity index (χ1n) is 3.36. The molecule has 0 unspecified atom stereocenters. The summed E-state index contributed by atoms with van der Waals surface area (Å²) >= 11 is 4.87. The van der Waals surface area contributed by atoms with Crippen LogP contribution in [-0.2, 0) is 0 Å². The lowest BCUT2D eigenvalue weighted by atomic mass is 10.3. The molecule has 0 aliphatic rings. The van der Waals surface area contributed by atoms with Crippen molar-refractivity contribution in [1.82, 2.24) is 9.66 Å². The zero-order valence-electron chi connectivity index (χ0n) is 6.02. The van der Waals surface area contributed by atoms with Crippen molar-refractivity contribution in [1.29, 1.82) is 0 Å². The third-order valence-electron chi connectivity index (χ3n) is 1.65. The fraction of sp³-hybridized carbons (Fsp3) is 0. The zero-order chi connectivity index (χ0) is 8.55. The van der Waals surface area contributed by atoms with E-state index in [1.54, 1.807) is 6.07 Å². The van der Waals surface area contributed by atoms with Crippen molar-refractivity contribution in [3.8, 4) is 0 Å². The first-order chi connectivity index (χ1) is 5.83. The Hall–Kier alpha value is -1.49. The molecule has 0 amide bonds. The van der Waals surface area contributed by atoms with Crippen LogP contribution >= 0.6 is 12.2 Å². The molecule has 0 aliphatic heterocycles. The van der Waals surface area contributed by atoms with Crippen LogP contribution in [-0.4, -0.2) is 9.66 Å². The van der Waals surface area contributed by atoms with E-state index in [2.05, 4.69) is 10.3 Å². The van der Waals surface area contributed by atoms with E-state index in [1.165, 1.54) is 0 Å². The highest BCUT2D eigenvalue weighted by Gasteiger charge is 2.01. The van der Waals surface area contributed by atoms with Gasteiger partial charge in [-0.25, -0.2) is 0 Å². The molecule has 0 spiro atoms. The summed E-state index contributed by atoms with van der Waals surface area (Å²) in [6.45, 7) is 0. The van der Waals surface area contributed by atoms with Crippen molar-refractivity contribution in [2.24, 2.45) is 5.29 Å². The zero-order valence-corrected chi connectivity index (χ0v) is 6.84. The summed E-state index contributed by atoms with van der Waals surface area (Å²) in [6.07, 6.45) is 0. The molecule has 0 fully saturated rings. The summed E-state index contributed by atoms with van der Waals surface area (Å²) in [5.41, 5.74) is 1.53. The lowest BCUT2D eigenvalue weighted by molar-refractivity contribution is 0.878. The molecule has 1 aromatic carbocycles. The fourth-order valence-corrected chi connectivity index (χ4v) is 1.36. The second kappa shape index (κ2) is 2.53. The number of nitrogens with zero attached hydrogens (tertiary/aromatic N) is 2. The molecule has 0 saturated heterocycles. The van der Waals surface area contributed by atoms with Gasteiger partial charge in [0, 0.05) is 0 Å². The Balaban J connectivity index is 3.00. The minimum absolute atomic E-state index is 0.325. The second-order valence-corrected chi connectivity index (χ2v) is 2.73. The molecule has 0 aliphatic carbocycles. The smallest absolute Gasteiger partial charge is 0.202 e. The molecular weight excluding hydrogens is 174 g/mol. The maximum Gasteiger partial charge on any atom is 0.202 e. The van der Waals surface area contributed by atoms with Crippen molar-refractivity contribution in [2.75, 3.05) is 0 Å². The number of imidazole rings is 1. The lowest BCUT2D eigenvalue weighted by Crippen LogP contribution is -1.83. The van der Waals surface area contributed by atoms with Crippen molar-refractivity contribution >= 4 is 23.3 Å². The summed E-state index contributed by atoms with van der Waals surface area (Å²) in [4.78, 5) is 13.2. The lowest BCUT2D eigenvalue weighted by Gasteiger charge is -1.87. The number of aromatic nitrogens is 2. The van der Waals surface area contributed by atoms with E-state index in [-0.39, 0.29) is 0 Å². The third kappa shape index (κ3) is 0.868. The molecule has 12 heavy (non-hydrogen) atoms. The summed E-state index contributed by atoms with van der Waals surface area (Å²) in [7, 11) is 0. The van der Waals surface area contributed by atoms with Crippen molar-refractivity contribution < 1.29 is 0 Å². The molecule has 60 valence electrons. The maximum absolute atomic E-state index is 10.3. The van der Waals surface area contributed by atoms with Crippen LogP contribution in [0.25, 0.3) is 11.0 Å². The van der Waals surface area contributed by atoms with Crippen LogP contribution in [0.5, 0.6) is 0 Å². The van der Waals surface area contributed by atoms with Gasteiger partial charge in [0.2, 0.25) is 4.77 Å². The van der Waals surface area contributed by atoms with E-state index in [4.69, 9.17) is 12.2 Å². The fourth-order valence-electron chi connectivity index (χ4n) is 1.12. The number of fused-ring (bicyclic) bond motifs is 1. The van der Waals surface area contributed by atoms with Gasteiger partial charge in [-0.15, -0.1) is 4.91 Å².